The predicted molar refractivity (Wildman–Crippen MR) is 58.3 cm³/mol. The first-order chi connectivity index (χ1) is 7.26. The maximum Gasteiger partial charge on any atom is 0.140 e. The van der Waals surface area contributed by atoms with Gasteiger partial charge in [-0.1, -0.05) is 6.92 Å². The highest BCUT2D eigenvalue weighted by Gasteiger charge is 2.09. The minimum Gasteiger partial charge on any atom is -0.496 e. The van der Waals surface area contributed by atoms with Crippen LogP contribution in [0.15, 0.2) is 12.1 Å². The molecule has 0 aliphatic carbocycles. The number of methoxy groups -OCH3 is 1. The summed E-state index contributed by atoms with van der Waals surface area (Å²) >= 11 is 0. The van der Waals surface area contributed by atoms with Crippen LogP contribution in [0.1, 0.15) is 25.0 Å². The zero-order chi connectivity index (χ0) is 11.3. The van der Waals surface area contributed by atoms with E-state index < -0.39 is 0 Å². The highest BCUT2D eigenvalue weighted by atomic mass is 16.5. The number of hydrogen-bond acceptors (Lipinski definition) is 3. The van der Waals surface area contributed by atoms with Gasteiger partial charge in [-0.3, -0.25) is 0 Å². The molecule has 0 aliphatic heterocycles. The minimum atomic E-state index is 0.545. The quantitative estimate of drug-likeness (QED) is 0.758. The Hall–Kier alpha value is -1.69. The first-order valence-electron chi connectivity index (χ1n) is 5.00. The van der Waals surface area contributed by atoms with Gasteiger partial charge in [0.2, 0.25) is 0 Å². The maximum absolute atomic E-state index is 8.96. The van der Waals surface area contributed by atoms with E-state index in [1.807, 2.05) is 19.9 Å². The average molecular weight is 205 g/mol. The van der Waals surface area contributed by atoms with Gasteiger partial charge in [0.25, 0.3) is 0 Å². The first-order valence-corrected chi connectivity index (χ1v) is 5.00. The van der Waals surface area contributed by atoms with Crippen molar-refractivity contribution in [3.8, 4) is 17.6 Å². The largest absolute Gasteiger partial charge is 0.496 e. The Morgan fingerprint density at radius 3 is 2.47 bits per heavy atom. The summed E-state index contributed by atoms with van der Waals surface area (Å²) in [6.45, 7) is 4.46. The zero-order valence-electron chi connectivity index (χ0n) is 9.33. The molecule has 15 heavy (non-hydrogen) atoms. The van der Waals surface area contributed by atoms with Crippen LogP contribution in [0, 0.1) is 11.3 Å². The van der Waals surface area contributed by atoms with Crippen molar-refractivity contribution in [1.29, 1.82) is 5.26 Å². The fourth-order valence-electron chi connectivity index (χ4n) is 1.43. The van der Waals surface area contributed by atoms with E-state index in [0.29, 0.717) is 17.9 Å². The standard InChI is InChI=1S/C12H15NO2/c1-4-9-6-10(8-13)12(15-5-2)7-11(9)14-3/h6-7H,4-5H2,1-3H3. The van der Waals surface area contributed by atoms with Gasteiger partial charge in [0.05, 0.1) is 19.3 Å². The van der Waals surface area contributed by atoms with Gasteiger partial charge in [0, 0.05) is 6.07 Å². The lowest BCUT2D eigenvalue weighted by Gasteiger charge is -2.11. The molecule has 0 saturated carbocycles. The molecule has 80 valence electrons. The van der Waals surface area contributed by atoms with E-state index in [2.05, 4.69) is 6.07 Å². The molecule has 1 aromatic rings. The molecule has 0 aliphatic rings. The van der Waals surface area contributed by atoms with E-state index in [1.54, 1.807) is 13.2 Å². The molecular formula is C12H15NO2. The van der Waals surface area contributed by atoms with Gasteiger partial charge in [-0.15, -0.1) is 0 Å². The van der Waals surface area contributed by atoms with Crippen molar-refractivity contribution < 1.29 is 9.47 Å². The van der Waals surface area contributed by atoms with E-state index in [1.165, 1.54) is 0 Å². The molecule has 0 aromatic heterocycles. The van der Waals surface area contributed by atoms with Crippen LogP contribution in [0.4, 0.5) is 0 Å². The van der Waals surface area contributed by atoms with Crippen molar-refractivity contribution >= 4 is 0 Å². The summed E-state index contributed by atoms with van der Waals surface area (Å²) < 4.78 is 10.6. The van der Waals surface area contributed by atoms with E-state index in [4.69, 9.17) is 14.7 Å². The van der Waals surface area contributed by atoms with Crippen LogP contribution in [-0.2, 0) is 6.42 Å². The summed E-state index contributed by atoms with van der Waals surface area (Å²) in [6, 6.07) is 5.73. The third-order valence-corrected chi connectivity index (χ3v) is 2.18. The predicted octanol–water partition coefficient (Wildman–Crippen LogP) is 2.53. The molecule has 0 fully saturated rings. The lowest BCUT2D eigenvalue weighted by molar-refractivity contribution is 0.334. The molecule has 3 nitrogen and oxygen atoms in total. The molecular weight excluding hydrogens is 190 g/mol. The average Bonchev–Trinajstić information content (AvgIpc) is 2.28. The molecule has 0 radical (unpaired) electrons. The molecule has 0 unspecified atom stereocenters. The molecule has 0 atom stereocenters. The van der Waals surface area contributed by atoms with Gasteiger partial charge in [0.15, 0.2) is 0 Å². The fourth-order valence-corrected chi connectivity index (χ4v) is 1.43. The summed E-state index contributed by atoms with van der Waals surface area (Å²) in [5, 5.41) is 8.96. The van der Waals surface area contributed by atoms with Gasteiger partial charge in [-0.05, 0) is 25.0 Å². The molecule has 0 bridgehead atoms. The second kappa shape index (κ2) is 5.26. The summed E-state index contributed by atoms with van der Waals surface area (Å²) in [6.07, 6.45) is 0.838. The summed E-state index contributed by atoms with van der Waals surface area (Å²) in [4.78, 5) is 0. The number of rotatable bonds is 4. The zero-order valence-corrected chi connectivity index (χ0v) is 9.33. The van der Waals surface area contributed by atoms with Gasteiger partial charge < -0.3 is 9.47 Å². The first kappa shape index (κ1) is 11.4. The van der Waals surface area contributed by atoms with Gasteiger partial charge >= 0.3 is 0 Å². The second-order valence-electron chi connectivity index (χ2n) is 3.06. The van der Waals surface area contributed by atoms with Crippen LogP contribution in [0.5, 0.6) is 11.5 Å². The summed E-state index contributed by atoms with van der Waals surface area (Å²) in [5.41, 5.74) is 1.59. The number of nitrogens with zero attached hydrogens (tertiary/aromatic N) is 1. The normalized spacial score (nSPS) is 9.47. The topological polar surface area (TPSA) is 42.2 Å². The molecule has 0 N–H and O–H groups in total. The molecule has 0 amide bonds. The van der Waals surface area contributed by atoms with Crippen LogP contribution in [-0.4, -0.2) is 13.7 Å². The van der Waals surface area contributed by atoms with E-state index in [9.17, 15) is 0 Å². The smallest absolute Gasteiger partial charge is 0.140 e. The number of nitriles is 1. The number of aryl methyl sites for hydroxylation is 1. The molecule has 3 heteroatoms. The molecule has 0 spiro atoms. The van der Waals surface area contributed by atoms with E-state index in [0.717, 1.165) is 17.7 Å². The third-order valence-electron chi connectivity index (χ3n) is 2.18. The second-order valence-corrected chi connectivity index (χ2v) is 3.06. The number of ether oxygens (including phenoxy) is 2. The van der Waals surface area contributed by atoms with Crippen molar-refractivity contribution in [3.05, 3.63) is 23.3 Å². The van der Waals surface area contributed by atoms with Crippen LogP contribution in [0.3, 0.4) is 0 Å². The SMILES string of the molecule is CCOc1cc(OC)c(CC)cc1C#N. The Morgan fingerprint density at radius 1 is 1.27 bits per heavy atom. The highest BCUT2D eigenvalue weighted by molar-refractivity contribution is 5.51. The molecule has 0 heterocycles. The van der Waals surface area contributed by atoms with Crippen molar-refractivity contribution in [1.82, 2.24) is 0 Å². The van der Waals surface area contributed by atoms with E-state index in [-0.39, 0.29) is 0 Å². The van der Waals surface area contributed by atoms with Crippen LogP contribution >= 0.6 is 0 Å². The molecule has 0 saturated heterocycles. The maximum atomic E-state index is 8.96. The monoisotopic (exact) mass is 205 g/mol. The number of hydrogen-bond donors (Lipinski definition) is 0. The third kappa shape index (κ3) is 2.41. The van der Waals surface area contributed by atoms with Gasteiger partial charge in [-0.2, -0.15) is 5.26 Å². The number of benzene rings is 1. The lowest BCUT2D eigenvalue weighted by atomic mass is 10.1. The minimum absolute atomic E-state index is 0.545. The van der Waals surface area contributed by atoms with Crippen molar-refractivity contribution in [2.24, 2.45) is 0 Å². The Morgan fingerprint density at radius 2 is 2.00 bits per heavy atom. The Labute approximate surface area is 90.2 Å². The Balaban J connectivity index is 3.22. The van der Waals surface area contributed by atoms with E-state index >= 15 is 0 Å². The van der Waals surface area contributed by atoms with Crippen LogP contribution < -0.4 is 9.47 Å². The Kier molecular flexibility index (Phi) is 3.99. The fraction of sp³-hybridized carbons (Fsp3) is 0.417. The van der Waals surface area contributed by atoms with Gasteiger partial charge in [0.1, 0.15) is 17.6 Å². The lowest BCUT2D eigenvalue weighted by Crippen LogP contribution is -1.98. The van der Waals surface area contributed by atoms with Crippen LogP contribution in [0.2, 0.25) is 0 Å². The molecule has 1 rings (SSSR count). The van der Waals surface area contributed by atoms with Crippen molar-refractivity contribution in [2.75, 3.05) is 13.7 Å². The van der Waals surface area contributed by atoms with Gasteiger partial charge in [-0.25, -0.2) is 0 Å². The Bertz CT molecular complexity index is 380. The molecule has 1 aromatic carbocycles. The summed E-state index contributed by atoms with van der Waals surface area (Å²) in [7, 11) is 1.62. The van der Waals surface area contributed by atoms with Crippen molar-refractivity contribution in [3.63, 3.8) is 0 Å². The van der Waals surface area contributed by atoms with Crippen LogP contribution in [0.25, 0.3) is 0 Å². The highest BCUT2D eigenvalue weighted by Crippen LogP contribution is 2.29. The summed E-state index contributed by atoms with van der Waals surface area (Å²) in [5.74, 6) is 1.37. The van der Waals surface area contributed by atoms with Crippen molar-refractivity contribution in [2.45, 2.75) is 20.3 Å².